The lowest BCUT2D eigenvalue weighted by molar-refractivity contribution is -0.137. The van der Waals surface area contributed by atoms with Crippen LogP contribution in [0.2, 0.25) is 0 Å². The first kappa shape index (κ1) is 17.3. The number of rotatable bonds is 5. The number of halogens is 3. The van der Waals surface area contributed by atoms with Crippen molar-refractivity contribution in [1.82, 2.24) is 4.90 Å². The van der Waals surface area contributed by atoms with Gasteiger partial charge in [-0.25, -0.2) is 0 Å². The van der Waals surface area contributed by atoms with E-state index in [1.807, 2.05) is 0 Å². The molecule has 21 heavy (non-hydrogen) atoms. The monoisotopic (exact) mass is 304 g/mol. The summed E-state index contributed by atoms with van der Waals surface area (Å²) in [5, 5.41) is 12.2. The van der Waals surface area contributed by atoms with Crippen LogP contribution in [0.15, 0.2) is 18.2 Å². The van der Waals surface area contributed by atoms with Crippen LogP contribution in [0.1, 0.15) is 29.8 Å². The van der Waals surface area contributed by atoms with E-state index < -0.39 is 23.8 Å². The molecule has 0 saturated carbocycles. The first-order valence-electron chi connectivity index (χ1n) is 6.55. The number of nitrogens with one attached hydrogen (secondary N) is 1. The fraction of sp³-hybridized carbons (Fsp3) is 0.500. The molecule has 0 heterocycles. The van der Waals surface area contributed by atoms with Crippen molar-refractivity contribution in [1.29, 1.82) is 0 Å². The van der Waals surface area contributed by atoms with Crippen LogP contribution < -0.4 is 5.32 Å². The summed E-state index contributed by atoms with van der Waals surface area (Å²) in [6.45, 7) is 3.80. The highest BCUT2D eigenvalue weighted by Gasteiger charge is 2.32. The molecule has 0 bridgehead atoms. The molecular weight excluding hydrogens is 285 g/mol. The molecule has 4 nitrogen and oxygen atoms in total. The minimum atomic E-state index is -4.51. The lowest BCUT2D eigenvalue weighted by Gasteiger charge is -2.21. The van der Waals surface area contributed by atoms with Gasteiger partial charge in [-0.05, 0) is 32.0 Å². The molecule has 1 aromatic rings. The average molecular weight is 304 g/mol. The van der Waals surface area contributed by atoms with Gasteiger partial charge in [-0.15, -0.1) is 0 Å². The zero-order chi connectivity index (χ0) is 16.2. The molecule has 0 fully saturated rings. The van der Waals surface area contributed by atoms with Crippen LogP contribution in [0.25, 0.3) is 0 Å². The van der Waals surface area contributed by atoms with Gasteiger partial charge in [-0.2, -0.15) is 13.2 Å². The van der Waals surface area contributed by atoms with Crippen molar-refractivity contribution >= 4 is 11.6 Å². The maximum atomic E-state index is 12.8. The van der Waals surface area contributed by atoms with Gasteiger partial charge in [0.15, 0.2) is 0 Å². The molecule has 1 amide bonds. The number of anilines is 1. The molecular formula is C14H19F3N2O2. The Labute approximate surface area is 121 Å². The van der Waals surface area contributed by atoms with Gasteiger partial charge >= 0.3 is 6.18 Å². The number of hydrogen-bond donors (Lipinski definition) is 2. The Morgan fingerprint density at radius 3 is 2.52 bits per heavy atom. The summed E-state index contributed by atoms with van der Waals surface area (Å²) in [7, 11) is 1.44. The van der Waals surface area contributed by atoms with Crippen molar-refractivity contribution in [2.24, 2.45) is 0 Å². The van der Waals surface area contributed by atoms with E-state index in [1.165, 1.54) is 24.9 Å². The van der Waals surface area contributed by atoms with Crippen molar-refractivity contribution in [3.05, 3.63) is 29.3 Å². The van der Waals surface area contributed by atoms with Crippen LogP contribution in [0.4, 0.5) is 18.9 Å². The van der Waals surface area contributed by atoms with Gasteiger partial charge < -0.3 is 15.3 Å². The maximum absolute atomic E-state index is 12.8. The van der Waals surface area contributed by atoms with Crippen LogP contribution in [0.3, 0.4) is 0 Å². The lowest BCUT2D eigenvalue weighted by Crippen LogP contribution is -2.33. The minimum Gasteiger partial charge on any atom is -0.392 e. The zero-order valence-corrected chi connectivity index (χ0v) is 12.2. The van der Waals surface area contributed by atoms with Gasteiger partial charge in [0.05, 0.1) is 17.2 Å². The molecule has 0 aromatic heterocycles. The third-order valence-corrected chi connectivity index (χ3v) is 2.83. The van der Waals surface area contributed by atoms with Crippen molar-refractivity contribution in [3.8, 4) is 0 Å². The van der Waals surface area contributed by atoms with Crippen LogP contribution in [-0.4, -0.2) is 42.2 Å². The number of carbonyl (C=O) groups excluding carboxylic acids is 1. The molecule has 1 aromatic carbocycles. The van der Waals surface area contributed by atoms with E-state index in [4.69, 9.17) is 0 Å². The van der Waals surface area contributed by atoms with Crippen molar-refractivity contribution in [3.63, 3.8) is 0 Å². The number of aliphatic hydroxyl groups is 1. The average Bonchev–Trinajstić information content (AvgIpc) is 2.36. The number of nitrogens with zero attached hydrogens (tertiary/aromatic N) is 1. The smallest absolute Gasteiger partial charge is 0.392 e. The Morgan fingerprint density at radius 1 is 1.43 bits per heavy atom. The highest BCUT2D eigenvalue weighted by molar-refractivity contribution is 5.99. The molecule has 1 rings (SSSR count). The van der Waals surface area contributed by atoms with Gasteiger partial charge in [-0.1, -0.05) is 0 Å². The number of aliphatic hydroxyl groups excluding tert-OH is 1. The number of alkyl halides is 3. The zero-order valence-electron chi connectivity index (χ0n) is 12.2. The molecule has 2 N–H and O–H groups in total. The van der Waals surface area contributed by atoms with Gasteiger partial charge in [0.2, 0.25) is 0 Å². The van der Waals surface area contributed by atoms with E-state index in [0.29, 0.717) is 12.2 Å². The fourth-order valence-corrected chi connectivity index (χ4v) is 1.93. The SMILES string of the molecule is CCNc1ccc(C(F)(F)F)cc1C(=O)N(C)CC(C)O. The van der Waals surface area contributed by atoms with Crippen LogP contribution in [0, 0.1) is 0 Å². The molecule has 118 valence electrons. The van der Waals surface area contributed by atoms with Crippen molar-refractivity contribution in [2.45, 2.75) is 26.1 Å². The summed E-state index contributed by atoms with van der Waals surface area (Å²) in [5.74, 6) is -0.571. The third-order valence-electron chi connectivity index (χ3n) is 2.83. The molecule has 0 radical (unpaired) electrons. The molecule has 1 unspecified atom stereocenters. The standard InChI is InChI=1S/C14H19F3N2O2/c1-4-18-12-6-5-10(14(15,16)17)7-11(12)13(21)19(3)8-9(2)20/h5-7,9,18,20H,4,8H2,1-3H3. The molecule has 0 saturated heterocycles. The molecule has 0 aliphatic carbocycles. The number of hydrogen-bond acceptors (Lipinski definition) is 3. The Morgan fingerprint density at radius 2 is 2.05 bits per heavy atom. The predicted molar refractivity (Wildman–Crippen MR) is 74.2 cm³/mol. The summed E-state index contributed by atoms with van der Waals surface area (Å²) < 4.78 is 38.3. The van der Waals surface area contributed by atoms with Crippen LogP contribution >= 0.6 is 0 Å². The van der Waals surface area contributed by atoms with Crippen molar-refractivity contribution in [2.75, 3.05) is 25.5 Å². The van der Waals surface area contributed by atoms with E-state index >= 15 is 0 Å². The second-order valence-corrected chi connectivity index (χ2v) is 4.82. The normalized spacial score (nSPS) is 12.9. The number of amides is 1. The second kappa shape index (κ2) is 6.80. The predicted octanol–water partition coefficient (Wildman–Crippen LogP) is 2.59. The summed E-state index contributed by atoms with van der Waals surface area (Å²) >= 11 is 0. The molecule has 0 aliphatic rings. The van der Waals surface area contributed by atoms with E-state index in [9.17, 15) is 23.1 Å². The Balaban J connectivity index is 3.19. The van der Waals surface area contributed by atoms with Gasteiger partial charge in [0.1, 0.15) is 0 Å². The topological polar surface area (TPSA) is 52.6 Å². The minimum absolute atomic E-state index is 0.0423. The first-order valence-corrected chi connectivity index (χ1v) is 6.55. The van der Waals surface area contributed by atoms with E-state index in [-0.39, 0.29) is 12.1 Å². The lowest BCUT2D eigenvalue weighted by atomic mass is 10.1. The Bertz CT molecular complexity index is 501. The second-order valence-electron chi connectivity index (χ2n) is 4.82. The molecule has 0 spiro atoms. The largest absolute Gasteiger partial charge is 0.416 e. The maximum Gasteiger partial charge on any atom is 0.416 e. The summed E-state index contributed by atoms with van der Waals surface area (Å²) in [6, 6.07) is 3.01. The Kier molecular flexibility index (Phi) is 5.60. The number of benzene rings is 1. The molecule has 1 atom stereocenters. The summed E-state index contributed by atoms with van der Waals surface area (Å²) in [6.07, 6.45) is -5.27. The number of likely N-dealkylation sites (N-methyl/N-ethyl adjacent to an activating group) is 1. The molecule has 7 heteroatoms. The highest BCUT2D eigenvalue weighted by Crippen LogP contribution is 2.32. The van der Waals surface area contributed by atoms with Gasteiger partial charge in [0, 0.05) is 25.8 Å². The summed E-state index contributed by atoms with van der Waals surface area (Å²) in [4.78, 5) is 13.5. The quantitative estimate of drug-likeness (QED) is 0.879. The number of carbonyl (C=O) groups is 1. The highest BCUT2D eigenvalue weighted by atomic mass is 19.4. The third kappa shape index (κ3) is 4.63. The van der Waals surface area contributed by atoms with E-state index in [2.05, 4.69) is 5.32 Å². The van der Waals surface area contributed by atoms with E-state index in [1.54, 1.807) is 6.92 Å². The van der Waals surface area contributed by atoms with Crippen molar-refractivity contribution < 1.29 is 23.1 Å². The first-order chi connectivity index (χ1) is 9.66. The molecule has 0 aliphatic heterocycles. The fourth-order valence-electron chi connectivity index (χ4n) is 1.93. The van der Waals surface area contributed by atoms with Crippen LogP contribution in [-0.2, 0) is 6.18 Å². The van der Waals surface area contributed by atoms with E-state index in [0.717, 1.165) is 12.1 Å². The summed E-state index contributed by atoms with van der Waals surface area (Å²) in [5.41, 5.74) is -0.597. The Hall–Kier alpha value is -1.76. The van der Waals surface area contributed by atoms with Gasteiger partial charge in [-0.3, -0.25) is 4.79 Å². The van der Waals surface area contributed by atoms with Gasteiger partial charge in [0.25, 0.3) is 5.91 Å². The van der Waals surface area contributed by atoms with Crippen LogP contribution in [0.5, 0.6) is 0 Å².